The van der Waals surface area contributed by atoms with E-state index in [9.17, 15) is 0 Å². The smallest absolute Gasteiger partial charge is 0.252 e. The van der Waals surface area contributed by atoms with Crippen LogP contribution in [0.15, 0.2) is 200 Å². The molecular weight excluding hydrogens is 908 g/mol. The Morgan fingerprint density at radius 2 is 0.813 bits per heavy atom. The van der Waals surface area contributed by atoms with Crippen LogP contribution in [0.3, 0.4) is 0 Å². The van der Waals surface area contributed by atoms with Crippen LogP contribution < -0.4 is 31.1 Å². The van der Waals surface area contributed by atoms with E-state index in [2.05, 4.69) is 303 Å². The molecule has 4 nitrogen and oxygen atoms in total. The van der Waals surface area contributed by atoms with Gasteiger partial charge in [-0.05, 0) is 157 Å². The van der Waals surface area contributed by atoms with Crippen molar-refractivity contribution in [2.24, 2.45) is 0 Å². The first kappa shape index (κ1) is 48.2. The number of para-hydroxylation sites is 4. The van der Waals surface area contributed by atoms with Crippen LogP contribution in [-0.2, 0) is 21.7 Å². The van der Waals surface area contributed by atoms with Crippen molar-refractivity contribution < 1.29 is 0 Å². The van der Waals surface area contributed by atoms with Gasteiger partial charge in [0.15, 0.2) is 0 Å². The summed E-state index contributed by atoms with van der Waals surface area (Å²) in [6.45, 7) is 28.1. The van der Waals surface area contributed by atoms with E-state index in [1.165, 1.54) is 94.6 Å². The van der Waals surface area contributed by atoms with Crippen molar-refractivity contribution in [1.29, 1.82) is 0 Å². The number of nitrogens with zero attached hydrogens (tertiary/aromatic N) is 4. The van der Waals surface area contributed by atoms with Gasteiger partial charge < -0.3 is 19.3 Å². The third kappa shape index (κ3) is 8.14. The van der Waals surface area contributed by atoms with Gasteiger partial charge in [0, 0.05) is 62.0 Å². The zero-order valence-corrected chi connectivity index (χ0v) is 45.9. The van der Waals surface area contributed by atoms with Gasteiger partial charge in [0.1, 0.15) is 0 Å². The molecule has 0 saturated heterocycles. The summed E-state index contributed by atoms with van der Waals surface area (Å²) >= 11 is 0. The van der Waals surface area contributed by atoms with Crippen molar-refractivity contribution in [3.05, 3.63) is 222 Å². The van der Waals surface area contributed by atoms with Gasteiger partial charge in [-0.25, -0.2) is 0 Å². The summed E-state index contributed by atoms with van der Waals surface area (Å²) in [5.74, 6) is 0. The van der Waals surface area contributed by atoms with Crippen LogP contribution in [0.4, 0.5) is 51.2 Å². The molecule has 0 saturated carbocycles. The van der Waals surface area contributed by atoms with Crippen molar-refractivity contribution in [2.45, 2.75) is 105 Å². The van der Waals surface area contributed by atoms with Gasteiger partial charge >= 0.3 is 0 Å². The summed E-state index contributed by atoms with van der Waals surface area (Å²) in [5.41, 5.74) is 22.9. The molecule has 0 fully saturated rings. The molecule has 0 radical (unpaired) electrons. The number of benzene rings is 9. The van der Waals surface area contributed by atoms with E-state index in [-0.39, 0.29) is 28.4 Å². The Labute approximate surface area is 446 Å². The standard InChI is InChI=1S/C70H69BN4/c1-67(2,3)46-39-47(68(4,5)6)42-54(41-46)74-61-33-24-34-62-65(61)71(57-36-35-53(45-63(57)74)72(50-25-16-13-17-26-50)51-27-18-14-19-28-51)58-37-38-60-64(56-31-22-23-32-59(56)73(60)52-29-20-15-21-30-52)66(58)75(62)55-43-48(69(7,8)9)40-49(44-55)70(10,11)12/h13-45H,1-12H3. The van der Waals surface area contributed by atoms with Gasteiger partial charge in [-0.3, -0.25) is 0 Å². The number of hydrogen-bond acceptors (Lipinski definition) is 3. The van der Waals surface area contributed by atoms with Crippen LogP contribution in [0, 0.1) is 0 Å². The van der Waals surface area contributed by atoms with Gasteiger partial charge in [-0.2, -0.15) is 0 Å². The maximum Gasteiger partial charge on any atom is 0.252 e. The molecule has 0 aliphatic carbocycles. The molecule has 2 aliphatic heterocycles. The second-order valence-corrected chi connectivity index (χ2v) is 25.2. The van der Waals surface area contributed by atoms with Crippen LogP contribution in [0.2, 0.25) is 0 Å². The first-order valence-corrected chi connectivity index (χ1v) is 27.0. The molecule has 2 aliphatic rings. The molecule has 0 bridgehead atoms. The number of fused-ring (bicyclic) bond motifs is 8. The van der Waals surface area contributed by atoms with Gasteiger partial charge in [0.25, 0.3) is 6.71 Å². The van der Waals surface area contributed by atoms with E-state index in [1.54, 1.807) is 0 Å². The molecule has 372 valence electrons. The van der Waals surface area contributed by atoms with Crippen LogP contribution in [0.25, 0.3) is 27.5 Å². The Balaban J connectivity index is 1.23. The van der Waals surface area contributed by atoms with Gasteiger partial charge in [-0.15, -0.1) is 0 Å². The van der Waals surface area contributed by atoms with E-state index < -0.39 is 0 Å². The highest BCUT2D eigenvalue weighted by atomic mass is 15.2. The number of anilines is 9. The second-order valence-electron chi connectivity index (χ2n) is 25.2. The van der Waals surface area contributed by atoms with Crippen LogP contribution in [0.1, 0.15) is 105 Å². The Morgan fingerprint density at radius 1 is 0.347 bits per heavy atom. The monoisotopic (exact) mass is 977 g/mol. The van der Waals surface area contributed by atoms with E-state index in [4.69, 9.17) is 0 Å². The normalized spacial score (nSPS) is 13.5. The third-order valence-electron chi connectivity index (χ3n) is 15.9. The minimum absolute atomic E-state index is 0.0879. The zero-order chi connectivity index (χ0) is 52.3. The molecule has 3 heterocycles. The van der Waals surface area contributed by atoms with Crippen LogP contribution in [0.5, 0.6) is 0 Å². The highest BCUT2D eigenvalue weighted by Gasteiger charge is 2.45. The van der Waals surface area contributed by atoms with Gasteiger partial charge in [-0.1, -0.05) is 186 Å². The SMILES string of the molecule is CC(C)(C)c1cc(N2c3cc(N(c4ccccc4)c4ccccc4)ccc3B3c4ccc5c(c4N(c4cc(C(C)(C)C)cc(C(C)(C)C)c4)c4cccc2c43)c2ccccc2n5-c2ccccc2)cc(C(C)(C)C)c1. The Hall–Kier alpha value is -7.76. The molecule has 10 aromatic rings. The summed E-state index contributed by atoms with van der Waals surface area (Å²) in [6.07, 6.45) is 0. The molecule has 1 aromatic heterocycles. The lowest BCUT2D eigenvalue weighted by atomic mass is 9.33. The number of hydrogen-bond donors (Lipinski definition) is 0. The minimum atomic E-state index is -0.0910. The molecule has 9 aromatic carbocycles. The van der Waals surface area contributed by atoms with E-state index >= 15 is 0 Å². The van der Waals surface area contributed by atoms with Crippen LogP contribution in [-0.4, -0.2) is 11.3 Å². The highest BCUT2D eigenvalue weighted by Crippen LogP contribution is 2.51. The summed E-state index contributed by atoms with van der Waals surface area (Å²) in [4.78, 5) is 7.68. The van der Waals surface area contributed by atoms with Crippen molar-refractivity contribution in [1.82, 2.24) is 4.57 Å². The molecule has 0 spiro atoms. The Morgan fingerprint density at radius 3 is 1.35 bits per heavy atom. The molecule has 0 amide bonds. The average molecular weight is 977 g/mol. The fraction of sp³-hybridized carbons (Fsp3) is 0.229. The molecular formula is C70H69BN4. The van der Waals surface area contributed by atoms with Crippen molar-refractivity contribution >= 4 is 96.1 Å². The fourth-order valence-electron chi connectivity index (χ4n) is 11.8. The largest absolute Gasteiger partial charge is 0.311 e. The fourth-order valence-corrected chi connectivity index (χ4v) is 11.8. The van der Waals surface area contributed by atoms with Crippen molar-refractivity contribution in [2.75, 3.05) is 14.7 Å². The first-order valence-electron chi connectivity index (χ1n) is 27.0. The summed E-state index contributed by atoms with van der Waals surface area (Å²) < 4.78 is 2.47. The maximum atomic E-state index is 2.66. The molecule has 0 N–H and O–H groups in total. The minimum Gasteiger partial charge on any atom is -0.311 e. The lowest BCUT2D eigenvalue weighted by Crippen LogP contribution is -2.61. The molecule has 0 atom stereocenters. The van der Waals surface area contributed by atoms with E-state index in [0.29, 0.717) is 0 Å². The van der Waals surface area contributed by atoms with Crippen LogP contribution >= 0.6 is 0 Å². The lowest BCUT2D eigenvalue weighted by Gasteiger charge is -2.45. The molecule has 12 rings (SSSR count). The van der Waals surface area contributed by atoms with E-state index in [0.717, 1.165) is 22.7 Å². The molecule has 5 heteroatoms. The summed E-state index contributed by atoms with van der Waals surface area (Å²) in [7, 11) is 0. The second kappa shape index (κ2) is 17.4. The Bertz CT molecular complexity index is 3720. The third-order valence-corrected chi connectivity index (χ3v) is 15.9. The van der Waals surface area contributed by atoms with Gasteiger partial charge in [0.2, 0.25) is 0 Å². The Kier molecular flexibility index (Phi) is 11.2. The number of aromatic nitrogens is 1. The summed E-state index contributed by atoms with van der Waals surface area (Å²) in [5, 5.41) is 2.50. The van der Waals surface area contributed by atoms with E-state index in [1.807, 2.05) is 0 Å². The predicted octanol–water partition coefficient (Wildman–Crippen LogP) is 17.5. The topological polar surface area (TPSA) is 14.7 Å². The first-order chi connectivity index (χ1) is 35.8. The van der Waals surface area contributed by atoms with Crippen molar-refractivity contribution in [3.63, 3.8) is 0 Å². The van der Waals surface area contributed by atoms with Gasteiger partial charge in [0.05, 0.1) is 16.7 Å². The lowest BCUT2D eigenvalue weighted by molar-refractivity contribution is 0.568. The summed E-state index contributed by atoms with van der Waals surface area (Å²) in [6, 6.07) is 75.7. The van der Waals surface area contributed by atoms with Crippen molar-refractivity contribution in [3.8, 4) is 5.69 Å². The predicted molar refractivity (Wildman–Crippen MR) is 324 cm³/mol. The maximum absolute atomic E-state index is 2.66. The average Bonchev–Trinajstić information content (AvgIpc) is 3.74. The molecule has 75 heavy (non-hydrogen) atoms. The quantitative estimate of drug-likeness (QED) is 0.154. The highest BCUT2D eigenvalue weighted by molar-refractivity contribution is 7.00. The zero-order valence-electron chi connectivity index (χ0n) is 45.9. The number of rotatable bonds is 6. The molecule has 0 unspecified atom stereocenters.